The van der Waals surface area contributed by atoms with Crippen LogP contribution in [-0.4, -0.2) is 33.7 Å². The van der Waals surface area contributed by atoms with E-state index in [4.69, 9.17) is 0 Å². The van der Waals surface area contributed by atoms with Gasteiger partial charge in [-0.05, 0) is 38.3 Å². The fourth-order valence-electron chi connectivity index (χ4n) is 2.45. The molecule has 4 nitrogen and oxygen atoms in total. The molecule has 0 radical (unpaired) electrons. The van der Waals surface area contributed by atoms with Gasteiger partial charge in [0.15, 0.2) is 5.78 Å². The fraction of sp³-hybridized carbons (Fsp3) is 0.538. The maximum absolute atomic E-state index is 12.3. The molecule has 1 aromatic heterocycles. The van der Waals surface area contributed by atoms with E-state index in [1.807, 2.05) is 6.07 Å². The number of H-pyrrole nitrogens is 1. The summed E-state index contributed by atoms with van der Waals surface area (Å²) in [6, 6.07) is 1.74. The number of nitrogens with zero attached hydrogens (tertiary/aromatic N) is 1. The first-order chi connectivity index (χ1) is 8.06. The van der Waals surface area contributed by atoms with Crippen LogP contribution in [0.5, 0.6) is 0 Å². The normalized spacial score (nSPS) is 21.2. The monoisotopic (exact) mass is 234 g/mol. The standard InChI is InChI=1S/C13H18N2O2/c1-4-11-7-10-5-6-14-12(10)13(17)15(11)8(2)9(3)16/h5-6,8,11,14H,4,7H2,1-3H3. The van der Waals surface area contributed by atoms with Crippen molar-refractivity contribution in [3.05, 3.63) is 23.5 Å². The number of aromatic amines is 1. The van der Waals surface area contributed by atoms with Crippen LogP contribution in [0.4, 0.5) is 0 Å². The fourth-order valence-corrected chi connectivity index (χ4v) is 2.45. The molecule has 0 spiro atoms. The van der Waals surface area contributed by atoms with Gasteiger partial charge < -0.3 is 9.88 Å². The van der Waals surface area contributed by atoms with E-state index in [1.165, 1.54) is 6.92 Å². The number of rotatable bonds is 3. The van der Waals surface area contributed by atoms with Crippen LogP contribution in [0.3, 0.4) is 0 Å². The van der Waals surface area contributed by atoms with Crippen molar-refractivity contribution < 1.29 is 9.59 Å². The van der Waals surface area contributed by atoms with Crippen LogP contribution in [0.2, 0.25) is 0 Å². The van der Waals surface area contributed by atoms with Crippen molar-refractivity contribution in [1.82, 2.24) is 9.88 Å². The summed E-state index contributed by atoms with van der Waals surface area (Å²) in [6.45, 7) is 5.39. The van der Waals surface area contributed by atoms with Gasteiger partial charge in [-0.3, -0.25) is 9.59 Å². The van der Waals surface area contributed by atoms with Gasteiger partial charge in [0.1, 0.15) is 5.69 Å². The summed E-state index contributed by atoms with van der Waals surface area (Å²) in [6.07, 6.45) is 3.49. The summed E-state index contributed by atoms with van der Waals surface area (Å²) >= 11 is 0. The lowest BCUT2D eigenvalue weighted by Crippen LogP contribution is -2.52. The molecule has 1 aliphatic rings. The Kier molecular flexibility index (Phi) is 3.05. The number of Topliss-reactive ketones (excluding diaryl/α,β-unsaturated/α-hetero) is 1. The predicted octanol–water partition coefficient (Wildman–Crippen LogP) is 1.77. The first-order valence-electron chi connectivity index (χ1n) is 6.05. The quantitative estimate of drug-likeness (QED) is 0.866. The minimum atomic E-state index is -0.344. The van der Waals surface area contributed by atoms with Crippen molar-refractivity contribution in [1.29, 1.82) is 0 Å². The van der Waals surface area contributed by atoms with Crippen LogP contribution in [0.1, 0.15) is 43.2 Å². The molecule has 2 atom stereocenters. The zero-order valence-electron chi connectivity index (χ0n) is 10.5. The molecule has 2 heterocycles. The molecule has 0 saturated carbocycles. The van der Waals surface area contributed by atoms with E-state index in [0.29, 0.717) is 5.69 Å². The summed E-state index contributed by atoms with van der Waals surface area (Å²) in [4.78, 5) is 28.5. The molecule has 1 aliphatic heterocycles. The average Bonchev–Trinajstić information content (AvgIpc) is 2.76. The molecule has 1 N–H and O–H groups in total. The Balaban J connectivity index is 2.38. The number of aromatic nitrogens is 1. The molecule has 0 bridgehead atoms. The second-order valence-corrected chi connectivity index (χ2v) is 4.64. The van der Waals surface area contributed by atoms with E-state index < -0.39 is 0 Å². The summed E-state index contributed by atoms with van der Waals surface area (Å²) < 4.78 is 0. The van der Waals surface area contributed by atoms with Crippen molar-refractivity contribution in [2.24, 2.45) is 0 Å². The summed E-state index contributed by atoms with van der Waals surface area (Å²) in [5.74, 6) is -0.0161. The Bertz CT molecular complexity index is 450. The van der Waals surface area contributed by atoms with E-state index in [1.54, 1.807) is 18.0 Å². The number of carbonyl (C=O) groups excluding carboxylic acids is 2. The Morgan fingerprint density at radius 3 is 2.94 bits per heavy atom. The topological polar surface area (TPSA) is 53.2 Å². The molecule has 17 heavy (non-hydrogen) atoms. The number of nitrogens with one attached hydrogen (secondary N) is 1. The minimum Gasteiger partial charge on any atom is -0.357 e. The second-order valence-electron chi connectivity index (χ2n) is 4.64. The molecule has 0 saturated heterocycles. The van der Waals surface area contributed by atoms with Crippen molar-refractivity contribution in [2.45, 2.75) is 45.7 Å². The van der Waals surface area contributed by atoms with Crippen molar-refractivity contribution in [2.75, 3.05) is 0 Å². The van der Waals surface area contributed by atoms with Crippen LogP contribution in [0.25, 0.3) is 0 Å². The van der Waals surface area contributed by atoms with Crippen LogP contribution in [0.15, 0.2) is 12.3 Å². The largest absolute Gasteiger partial charge is 0.357 e. The van der Waals surface area contributed by atoms with Gasteiger partial charge in [-0.1, -0.05) is 6.92 Å². The van der Waals surface area contributed by atoms with Gasteiger partial charge in [-0.25, -0.2) is 0 Å². The SMILES string of the molecule is CCC1Cc2cc[nH]c2C(=O)N1C(C)C(C)=O. The smallest absolute Gasteiger partial charge is 0.271 e. The van der Waals surface area contributed by atoms with Gasteiger partial charge in [0, 0.05) is 12.2 Å². The van der Waals surface area contributed by atoms with E-state index in [-0.39, 0.29) is 23.8 Å². The van der Waals surface area contributed by atoms with Crippen molar-refractivity contribution in [3.8, 4) is 0 Å². The predicted molar refractivity (Wildman–Crippen MR) is 64.9 cm³/mol. The second kappa shape index (κ2) is 4.35. The highest BCUT2D eigenvalue weighted by Gasteiger charge is 2.36. The third kappa shape index (κ3) is 1.88. The van der Waals surface area contributed by atoms with E-state index in [9.17, 15) is 9.59 Å². The molecule has 4 heteroatoms. The molecular weight excluding hydrogens is 216 g/mol. The van der Waals surface area contributed by atoms with Gasteiger partial charge in [-0.15, -0.1) is 0 Å². The average molecular weight is 234 g/mol. The lowest BCUT2D eigenvalue weighted by molar-refractivity contribution is -0.121. The Morgan fingerprint density at radius 2 is 2.35 bits per heavy atom. The molecule has 0 aliphatic carbocycles. The minimum absolute atomic E-state index is 0.0341. The van der Waals surface area contributed by atoms with Gasteiger partial charge in [-0.2, -0.15) is 0 Å². The third-order valence-corrected chi connectivity index (χ3v) is 3.61. The van der Waals surface area contributed by atoms with Crippen LogP contribution in [-0.2, 0) is 11.2 Å². The van der Waals surface area contributed by atoms with Crippen molar-refractivity contribution >= 4 is 11.7 Å². The van der Waals surface area contributed by atoms with Gasteiger partial charge >= 0.3 is 0 Å². The Labute approximate surface area is 101 Å². The molecule has 0 aromatic carbocycles. The van der Waals surface area contributed by atoms with E-state index in [0.717, 1.165) is 18.4 Å². The zero-order chi connectivity index (χ0) is 12.6. The zero-order valence-corrected chi connectivity index (χ0v) is 10.5. The van der Waals surface area contributed by atoms with Crippen LogP contribution < -0.4 is 0 Å². The summed E-state index contributed by atoms with van der Waals surface area (Å²) in [5.41, 5.74) is 1.71. The van der Waals surface area contributed by atoms with Gasteiger partial charge in [0.2, 0.25) is 0 Å². The van der Waals surface area contributed by atoms with E-state index >= 15 is 0 Å². The van der Waals surface area contributed by atoms with Crippen LogP contribution >= 0.6 is 0 Å². The van der Waals surface area contributed by atoms with E-state index in [2.05, 4.69) is 11.9 Å². The van der Waals surface area contributed by atoms with Gasteiger partial charge in [0.25, 0.3) is 5.91 Å². The number of hydrogen-bond donors (Lipinski definition) is 1. The number of carbonyl (C=O) groups is 2. The Morgan fingerprint density at radius 1 is 1.65 bits per heavy atom. The maximum Gasteiger partial charge on any atom is 0.271 e. The molecule has 2 rings (SSSR count). The molecular formula is C13H18N2O2. The first-order valence-corrected chi connectivity index (χ1v) is 6.05. The summed E-state index contributed by atoms with van der Waals surface area (Å²) in [5, 5.41) is 0. The van der Waals surface area contributed by atoms with Gasteiger partial charge in [0.05, 0.1) is 6.04 Å². The maximum atomic E-state index is 12.3. The number of ketones is 1. The highest BCUT2D eigenvalue weighted by atomic mass is 16.2. The van der Waals surface area contributed by atoms with Crippen molar-refractivity contribution in [3.63, 3.8) is 0 Å². The first kappa shape index (κ1) is 11.9. The third-order valence-electron chi connectivity index (χ3n) is 3.61. The molecule has 1 aromatic rings. The number of hydrogen-bond acceptors (Lipinski definition) is 2. The highest BCUT2D eigenvalue weighted by molar-refractivity contribution is 5.98. The van der Waals surface area contributed by atoms with Crippen LogP contribution in [0, 0.1) is 0 Å². The summed E-state index contributed by atoms with van der Waals surface area (Å²) in [7, 11) is 0. The Hall–Kier alpha value is -1.58. The molecule has 2 unspecified atom stereocenters. The number of amides is 1. The lowest BCUT2D eigenvalue weighted by Gasteiger charge is -2.38. The highest BCUT2D eigenvalue weighted by Crippen LogP contribution is 2.26. The molecule has 1 amide bonds. The lowest BCUT2D eigenvalue weighted by atomic mass is 9.94. The molecule has 0 fully saturated rings. The molecule has 92 valence electrons. The number of fused-ring (bicyclic) bond motifs is 1.